The van der Waals surface area contributed by atoms with E-state index in [1.165, 1.54) is 10.9 Å². The van der Waals surface area contributed by atoms with Crippen LogP contribution in [0, 0.1) is 6.92 Å². The van der Waals surface area contributed by atoms with E-state index in [1.807, 2.05) is 26.0 Å². The fourth-order valence-electron chi connectivity index (χ4n) is 2.80. The molecular formula is C23H24N4O4. The molecular weight excluding hydrogens is 396 g/mol. The zero-order valence-electron chi connectivity index (χ0n) is 17.6. The molecule has 0 aliphatic heterocycles. The topological polar surface area (TPSA) is 98.8 Å². The molecule has 0 radical (unpaired) electrons. The second kappa shape index (κ2) is 10.2. The summed E-state index contributed by atoms with van der Waals surface area (Å²) < 4.78 is 12.1. The molecule has 0 atom stereocenters. The highest BCUT2D eigenvalue weighted by Gasteiger charge is 2.17. The number of carbonyl (C=O) groups excluding carboxylic acids is 1. The molecule has 31 heavy (non-hydrogen) atoms. The Labute approximate surface area is 180 Å². The van der Waals surface area contributed by atoms with Crippen molar-refractivity contribution in [2.45, 2.75) is 20.8 Å². The molecule has 1 N–H and O–H groups in total. The van der Waals surface area contributed by atoms with Gasteiger partial charge in [-0.2, -0.15) is 14.8 Å². The number of hydrogen-bond donors (Lipinski definition) is 1. The molecule has 2 heterocycles. The molecule has 3 rings (SSSR count). The zero-order chi connectivity index (χ0) is 22.2. The van der Waals surface area contributed by atoms with E-state index in [0.29, 0.717) is 35.4 Å². The molecule has 0 bridgehead atoms. The normalized spacial score (nSPS) is 12.0. The third kappa shape index (κ3) is 5.36. The van der Waals surface area contributed by atoms with E-state index in [4.69, 9.17) is 9.47 Å². The minimum absolute atomic E-state index is 0.0607. The Kier molecular flexibility index (Phi) is 7.16. The largest absolute Gasteiger partial charge is 0.506 e. The number of rotatable bonds is 8. The lowest BCUT2D eigenvalue weighted by Gasteiger charge is -2.08. The van der Waals surface area contributed by atoms with Gasteiger partial charge in [0.2, 0.25) is 5.88 Å². The number of aliphatic hydroxyl groups is 1. The van der Waals surface area contributed by atoms with E-state index >= 15 is 0 Å². The van der Waals surface area contributed by atoms with Crippen molar-refractivity contribution in [3.63, 3.8) is 0 Å². The molecule has 0 aliphatic carbocycles. The van der Waals surface area contributed by atoms with Crippen LogP contribution in [-0.2, 0) is 9.53 Å². The van der Waals surface area contributed by atoms with E-state index in [1.54, 1.807) is 49.4 Å². The fraction of sp³-hybridized carbons (Fsp3) is 0.217. The van der Waals surface area contributed by atoms with Gasteiger partial charge in [0, 0.05) is 23.9 Å². The quantitative estimate of drug-likeness (QED) is 0.254. The molecule has 0 fully saturated rings. The molecule has 0 aliphatic rings. The third-order valence-corrected chi connectivity index (χ3v) is 4.15. The Balaban J connectivity index is 2.02. The van der Waals surface area contributed by atoms with Gasteiger partial charge in [-0.1, -0.05) is 36.4 Å². The van der Waals surface area contributed by atoms with Gasteiger partial charge in [-0.25, -0.2) is 9.79 Å². The second-order valence-electron chi connectivity index (χ2n) is 6.43. The number of esters is 1. The number of hydrogen-bond acceptors (Lipinski definition) is 7. The number of aliphatic hydroxyl groups excluding tert-OH is 1. The van der Waals surface area contributed by atoms with Crippen molar-refractivity contribution >= 4 is 23.8 Å². The predicted octanol–water partition coefficient (Wildman–Crippen LogP) is 4.21. The average Bonchev–Trinajstić information content (AvgIpc) is 3.15. The summed E-state index contributed by atoms with van der Waals surface area (Å²) in [6, 6.07) is 15.8. The van der Waals surface area contributed by atoms with E-state index < -0.39 is 5.97 Å². The first-order valence-electron chi connectivity index (χ1n) is 9.90. The summed E-state index contributed by atoms with van der Waals surface area (Å²) in [7, 11) is 0. The van der Waals surface area contributed by atoms with E-state index in [-0.39, 0.29) is 17.9 Å². The van der Waals surface area contributed by atoms with Crippen molar-refractivity contribution in [2.75, 3.05) is 13.2 Å². The van der Waals surface area contributed by atoms with E-state index in [2.05, 4.69) is 15.1 Å². The third-order valence-electron chi connectivity index (χ3n) is 4.15. The van der Waals surface area contributed by atoms with Crippen LogP contribution in [0.2, 0.25) is 0 Å². The summed E-state index contributed by atoms with van der Waals surface area (Å²) in [5.74, 6) is 0.521. The van der Waals surface area contributed by atoms with Gasteiger partial charge in [0.1, 0.15) is 11.3 Å². The van der Waals surface area contributed by atoms with Gasteiger partial charge in [-0.05, 0) is 26.8 Å². The zero-order valence-corrected chi connectivity index (χ0v) is 17.6. The molecule has 2 aromatic heterocycles. The Morgan fingerprint density at radius 1 is 1.13 bits per heavy atom. The molecule has 160 valence electrons. The van der Waals surface area contributed by atoms with Crippen LogP contribution in [0.5, 0.6) is 5.88 Å². The first kappa shape index (κ1) is 21.8. The minimum atomic E-state index is -0.674. The molecule has 0 saturated carbocycles. The van der Waals surface area contributed by atoms with Crippen LogP contribution >= 0.6 is 0 Å². The van der Waals surface area contributed by atoms with E-state index in [0.717, 1.165) is 0 Å². The smallest absolute Gasteiger partial charge is 0.343 e. The van der Waals surface area contributed by atoms with Gasteiger partial charge in [0.25, 0.3) is 0 Å². The van der Waals surface area contributed by atoms with Crippen molar-refractivity contribution in [2.24, 2.45) is 4.99 Å². The van der Waals surface area contributed by atoms with Crippen molar-refractivity contribution in [1.82, 2.24) is 14.8 Å². The van der Waals surface area contributed by atoms with Crippen LogP contribution in [0.25, 0.3) is 11.6 Å². The second-order valence-corrected chi connectivity index (χ2v) is 6.43. The van der Waals surface area contributed by atoms with Crippen LogP contribution < -0.4 is 4.74 Å². The lowest BCUT2D eigenvalue weighted by molar-refractivity contribution is -0.137. The Bertz CT molecular complexity index is 1100. The Hall–Kier alpha value is -3.94. The number of aliphatic imine (C=N–C) groups is 1. The molecule has 0 spiro atoms. The molecule has 1 aromatic carbocycles. The predicted molar refractivity (Wildman–Crippen MR) is 118 cm³/mol. The number of carbonyl (C=O) groups is 1. The maximum Gasteiger partial charge on any atom is 0.343 e. The summed E-state index contributed by atoms with van der Waals surface area (Å²) in [4.78, 5) is 21.3. The summed E-state index contributed by atoms with van der Waals surface area (Å²) in [5, 5.41) is 15.1. The standard InChI is InChI=1S/C23H24N4O4/c1-4-30-21-13-9-12-19(25-21)27-20(14-16(3)26-27)24-15-18(23(29)31-5-2)22(28)17-10-7-6-8-11-17/h6-15,28H,4-5H2,1-3H3/b22-18-,24-15+. The molecule has 8 nitrogen and oxygen atoms in total. The molecule has 8 heteroatoms. The van der Waals surface area contributed by atoms with Crippen molar-refractivity contribution < 1.29 is 19.4 Å². The number of aryl methyl sites for hydroxylation is 1. The van der Waals surface area contributed by atoms with E-state index in [9.17, 15) is 9.90 Å². The highest BCUT2D eigenvalue weighted by Crippen LogP contribution is 2.22. The van der Waals surface area contributed by atoms with Crippen LogP contribution in [0.15, 0.2) is 65.2 Å². The number of nitrogens with zero attached hydrogens (tertiary/aromatic N) is 4. The molecule has 3 aromatic rings. The monoisotopic (exact) mass is 420 g/mol. The SMILES string of the molecule is CCOC(=O)C(/C=N/c1cc(C)nn1-c1cccc(OCC)n1)=C(\O)c1ccccc1. The maximum absolute atomic E-state index is 12.5. The average molecular weight is 420 g/mol. The van der Waals surface area contributed by atoms with Gasteiger partial charge < -0.3 is 14.6 Å². The summed E-state index contributed by atoms with van der Waals surface area (Å²) >= 11 is 0. The number of ether oxygens (including phenoxy) is 2. The van der Waals surface area contributed by atoms with Crippen LogP contribution in [0.3, 0.4) is 0 Å². The molecule has 0 unspecified atom stereocenters. The first-order valence-corrected chi connectivity index (χ1v) is 9.90. The molecule has 0 amide bonds. The molecule has 0 saturated heterocycles. The Morgan fingerprint density at radius 2 is 1.90 bits per heavy atom. The summed E-state index contributed by atoms with van der Waals surface area (Å²) in [6.07, 6.45) is 1.28. The van der Waals surface area contributed by atoms with Gasteiger partial charge in [0.05, 0.1) is 18.9 Å². The van der Waals surface area contributed by atoms with Crippen LogP contribution in [0.4, 0.5) is 5.82 Å². The van der Waals surface area contributed by atoms with Gasteiger partial charge in [0.15, 0.2) is 11.6 Å². The van der Waals surface area contributed by atoms with Crippen LogP contribution in [-0.4, -0.2) is 45.3 Å². The summed E-state index contributed by atoms with van der Waals surface area (Å²) in [5.41, 5.74) is 1.13. The van der Waals surface area contributed by atoms with Crippen molar-refractivity contribution in [3.05, 3.63) is 71.4 Å². The Morgan fingerprint density at radius 3 is 2.61 bits per heavy atom. The highest BCUT2D eigenvalue weighted by atomic mass is 16.5. The van der Waals surface area contributed by atoms with Gasteiger partial charge in [-0.15, -0.1) is 0 Å². The first-order chi connectivity index (χ1) is 15.0. The number of benzene rings is 1. The maximum atomic E-state index is 12.5. The van der Waals surface area contributed by atoms with Gasteiger partial charge in [-0.3, -0.25) is 0 Å². The summed E-state index contributed by atoms with van der Waals surface area (Å²) in [6.45, 7) is 6.06. The fourth-order valence-corrected chi connectivity index (χ4v) is 2.80. The number of pyridine rings is 1. The van der Waals surface area contributed by atoms with Crippen molar-refractivity contribution in [3.8, 4) is 11.7 Å². The lowest BCUT2D eigenvalue weighted by Crippen LogP contribution is -2.11. The van der Waals surface area contributed by atoms with Crippen LogP contribution in [0.1, 0.15) is 25.1 Å². The van der Waals surface area contributed by atoms with Crippen molar-refractivity contribution in [1.29, 1.82) is 0 Å². The van der Waals surface area contributed by atoms with Gasteiger partial charge >= 0.3 is 5.97 Å². The lowest BCUT2D eigenvalue weighted by atomic mass is 10.1. The highest BCUT2D eigenvalue weighted by molar-refractivity contribution is 6.15. The minimum Gasteiger partial charge on any atom is -0.506 e. The number of aromatic nitrogens is 3.